The maximum absolute atomic E-state index is 11.2. The van der Waals surface area contributed by atoms with E-state index in [2.05, 4.69) is 5.32 Å². The molecule has 1 heterocycles. The Morgan fingerprint density at radius 3 is 2.11 bits per heavy atom. The molecule has 0 aromatic heterocycles. The van der Waals surface area contributed by atoms with Crippen LogP contribution in [0.4, 0.5) is 13.2 Å². The Morgan fingerprint density at radius 1 is 1.33 bits per heavy atom. The van der Waals surface area contributed by atoms with Crippen molar-refractivity contribution < 1.29 is 27.9 Å². The quantitative estimate of drug-likeness (QED) is 0.675. The van der Waals surface area contributed by atoms with Crippen LogP contribution >= 0.6 is 0 Å². The second kappa shape index (κ2) is 5.13. The van der Waals surface area contributed by atoms with E-state index < -0.39 is 12.1 Å². The molecule has 0 aromatic carbocycles. The van der Waals surface area contributed by atoms with E-state index in [1.54, 1.807) is 6.92 Å². The molecule has 5 nitrogen and oxygen atoms in total. The lowest BCUT2D eigenvalue weighted by Crippen LogP contribution is -2.54. The third-order valence-electron chi connectivity index (χ3n) is 2.99. The standard InChI is InChI=1S/C8H14N2O.C2HF3O2/c1-7(11)10-5-4-9-6-8(10)2-3-8;3-2(4,5)1(6)7/h9H,2-6H2,1H3;(H,6,7). The summed E-state index contributed by atoms with van der Waals surface area (Å²) in [7, 11) is 0. The number of halogens is 3. The normalized spacial score (nSPS) is 21.0. The Kier molecular flexibility index (Phi) is 4.20. The van der Waals surface area contributed by atoms with Gasteiger partial charge in [0.2, 0.25) is 5.91 Å². The van der Waals surface area contributed by atoms with Crippen LogP contribution in [0, 0.1) is 0 Å². The largest absolute Gasteiger partial charge is 0.490 e. The molecule has 0 bridgehead atoms. The number of hydrogen-bond donors (Lipinski definition) is 2. The Bertz CT molecular complexity index is 340. The molecule has 1 spiro atoms. The van der Waals surface area contributed by atoms with E-state index in [4.69, 9.17) is 9.90 Å². The number of carbonyl (C=O) groups is 2. The lowest BCUT2D eigenvalue weighted by Gasteiger charge is -2.36. The van der Waals surface area contributed by atoms with Gasteiger partial charge in [0.15, 0.2) is 0 Å². The van der Waals surface area contributed by atoms with Crippen molar-refractivity contribution in [1.82, 2.24) is 10.2 Å². The summed E-state index contributed by atoms with van der Waals surface area (Å²) in [6.07, 6.45) is -2.70. The van der Waals surface area contributed by atoms with E-state index in [1.807, 2.05) is 4.90 Å². The summed E-state index contributed by atoms with van der Waals surface area (Å²) < 4.78 is 31.7. The Hall–Kier alpha value is -1.31. The van der Waals surface area contributed by atoms with E-state index >= 15 is 0 Å². The molecule has 18 heavy (non-hydrogen) atoms. The van der Waals surface area contributed by atoms with Crippen LogP contribution < -0.4 is 5.32 Å². The van der Waals surface area contributed by atoms with Gasteiger partial charge in [-0.25, -0.2) is 4.79 Å². The molecule has 1 amide bonds. The van der Waals surface area contributed by atoms with Gasteiger partial charge >= 0.3 is 12.1 Å². The fourth-order valence-corrected chi connectivity index (χ4v) is 1.93. The zero-order valence-corrected chi connectivity index (χ0v) is 9.88. The highest BCUT2D eigenvalue weighted by molar-refractivity contribution is 5.75. The summed E-state index contributed by atoms with van der Waals surface area (Å²) in [4.78, 5) is 22.1. The maximum atomic E-state index is 11.2. The Morgan fingerprint density at radius 2 is 1.83 bits per heavy atom. The molecule has 0 aromatic rings. The summed E-state index contributed by atoms with van der Waals surface area (Å²) in [6.45, 7) is 4.54. The van der Waals surface area contributed by atoms with Gasteiger partial charge in [-0.3, -0.25) is 4.79 Å². The number of alkyl halides is 3. The van der Waals surface area contributed by atoms with E-state index in [0.717, 1.165) is 19.6 Å². The highest BCUT2D eigenvalue weighted by Gasteiger charge is 2.50. The van der Waals surface area contributed by atoms with E-state index in [-0.39, 0.29) is 11.4 Å². The van der Waals surface area contributed by atoms with Crippen molar-refractivity contribution in [3.8, 4) is 0 Å². The molecule has 1 saturated heterocycles. The third-order valence-corrected chi connectivity index (χ3v) is 2.99. The van der Waals surface area contributed by atoms with Gasteiger partial charge in [-0.15, -0.1) is 0 Å². The van der Waals surface area contributed by atoms with Crippen molar-refractivity contribution in [2.45, 2.75) is 31.5 Å². The first-order valence-electron chi connectivity index (χ1n) is 5.48. The van der Waals surface area contributed by atoms with Crippen molar-refractivity contribution in [3.05, 3.63) is 0 Å². The van der Waals surface area contributed by atoms with Crippen molar-refractivity contribution in [2.24, 2.45) is 0 Å². The summed E-state index contributed by atoms with van der Waals surface area (Å²) in [5.41, 5.74) is 0.240. The molecular weight excluding hydrogens is 253 g/mol. The van der Waals surface area contributed by atoms with Crippen LogP contribution in [-0.2, 0) is 9.59 Å². The van der Waals surface area contributed by atoms with Crippen molar-refractivity contribution in [2.75, 3.05) is 19.6 Å². The molecule has 0 radical (unpaired) electrons. The second-order valence-electron chi connectivity index (χ2n) is 4.37. The van der Waals surface area contributed by atoms with Crippen LogP contribution in [0.5, 0.6) is 0 Å². The molecule has 2 aliphatic rings. The van der Waals surface area contributed by atoms with Crippen molar-refractivity contribution in [1.29, 1.82) is 0 Å². The molecule has 104 valence electrons. The van der Waals surface area contributed by atoms with Crippen LogP contribution in [0.3, 0.4) is 0 Å². The Balaban J connectivity index is 0.000000203. The number of nitrogens with zero attached hydrogens (tertiary/aromatic N) is 1. The third kappa shape index (κ3) is 3.59. The first kappa shape index (κ1) is 14.7. The minimum atomic E-state index is -5.08. The average molecular weight is 268 g/mol. The molecule has 0 atom stereocenters. The number of hydrogen-bond acceptors (Lipinski definition) is 3. The van der Waals surface area contributed by atoms with Gasteiger partial charge in [0.1, 0.15) is 0 Å². The molecule has 2 N–H and O–H groups in total. The van der Waals surface area contributed by atoms with Gasteiger partial charge < -0.3 is 15.3 Å². The zero-order chi connectivity index (χ0) is 14.0. The Labute approximate surface area is 102 Å². The maximum Gasteiger partial charge on any atom is 0.490 e. The first-order chi connectivity index (χ1) is 8.19. The predicted octanol–water partition coefficient (Wildman–Crippen LogP) is 0.604. The van der Waals surface area contributed by atoms with Gasteiger partial charge in [-0.2, -0.15) is 13.2 Å². The minimum Gasteiger partial charge on any atom is -0.475 e. The van der Waals surface area contributed by atoms with E-state index in [0.29, 0.717) is 0 Å². The molecule has 0 unspecified atom stereocenters. The van der Waals surface area contributed by atoms with Gasteiger partial charge in [0.05, 0.1) is 5.54 Å². The van der Waals surface area contributed by atoms with Gasteiger partial charge in [-0.05, 0) is 12.8 Å². The predicted molar refractivity (Wildman–Crippen MR) is 55.9 cm³/mol. The minimum absolute atomic E-state index is 0.240. The zero-order valence-electron chi connectivity index (χ0n) is 9.88. The van der Waals surface area contributed by atoms with Crippen molar-refractivity contribution >= 4 is 11.9 Å². The van der Waals surface area contributed by atoms with Crippen LogP contribution in [-0.4, -0.2) is 53.2 Å². The van der Waals surface area contributed by atoms with Crippen LogP contribution in [0.1, 0.15) is 19.8 Å². The number of carboxylic acid groups (broad SMARTS) is 1. The fraction of sp³-hybridized carbons (Fsp3) is 0.800. The highest BCUT2D eigenvalue weighted by Crippen LogP contribution is 2.42. The summed E-state index contributed by atoms with van der Waals surface area (Å²) in [6, 6.07) is 0. The monoisotopic (exact) mass is 268 g/mol. The second-order valence-corrected chi connectivity index (χ2v) is 4.37. The SMILES string of the molecule is CC(=O)N1CCNCC12CC2.O=C(O)C(F)(F)F. The van der Waals surface area contributed by atoms with Crippen LogP contribution in [0.15, 0.2) is 0 Å². The van der Waals surface area contributed by atoms with E-state index in [9.17, 15) is 18.0 Å². The number of rotatable bonds is 0. The number of amides is 1. The molecule has 1 aliphatic carbocycles. The van der Waals surface area contributed by atoms with Gasteiger partial charge in [0.25, 0.3) is 0 Å². The summed E-state index contributed by atoms with van der Waals surface area (Å²) in [5, 5.41) is 10.5. The number of aliphatic carboxylic acids is 1. The molecule has 8 heteroatoms. The molecule has 2 rings (SSSR count). The first-order valence-corrected chi connectivity index (χ1v) is 5.48. The van der Waals surface area contributed by atoms with Crippen LogP contribution in [0.25, 0.3) is 0 Å². The number of carboxylic acids is 1. The topological polar surface area (TPSA) is 69.6 Å². The lowest BCUT2D eigenvalue weighted by molar-refractivity contribution is -0.192. The van der Waals surface area contributed by atoms with E-state index in [1.165, 1.54) is 12.8 Å². The number of nitrogens with one attached hydrogen (secondary N) is 1. The van der Waals surface area contributed by atoms with Crippen molar-refractivity contribution in [3.63, 3.8) is 0 Å². The molecule has 1 aliphatic heterocycles. The fourth-order valence-electron chi connectivity index (χ4n) is 1.93. The lowest BCUT2D eigenvalue weighted by atomic mass is 10.1. The molecule has 1 saturated carbocycles. The molecule has 2 fully saturated rings. The summed E-state index contributed by atoms with van der Waals surface area (Å²) in [5.74, 6) is -2.52. The van der Waals surface area contributed by atoms with Gasteiger partial charge in [0, 0.05) is 26.6 Å². The molecular formula is C10H15F3N2O3. The number of carbonyl (C=O) groups excluding carboxylic acids is 1. The van der Waals surface area contributed by atoms with Gasteiger partial charge in [-0.1, -0.05) is 0 Å². The average Bonchev–Trinajstić information content (AvgIpc) is 2.98. The summed E-state index contributed by atoms with van der Waals surface area (Å²) >= 11 is 0. The smallest absolute Gasteiger partial charge is 0.475 e. The highest BCUT2D eigenvalue weighted by atomic mass is 19.4. The van der Waals surface area contributed by atoms with Crippen LogP contribution in [0.2, 0.25) is 0 Å². The number of piperazine rings is 1.